The second-order valence-electron chi connectivity index (χ2n) is 9.23. The van der Waals surface area contributed by atoms with E-state index >= 15 is 0 Å². The Morgan fingerprint density at radius 1 is 0.867 bits per heavy atom. The quantitative estimate of drug-likeness (QED) is 0.333. The zero-order valence-corrected chi connectivity index (χ0v) is 18.1. The Morgan fingerprint density at radius 2 is 1.47 bits per heavy atom. The summed E-state index contributed by atoms with van der Waals surface area (Å²) in [5.41, 5.74) is 0.744. The molecule has 0 unspecified atom stereocenters. The molecule has 1 nitrogen and oxygen atoms in total. The lowest BCUT2D eigenvalue weighted by atomic mass is 9.69. The molecule has 0 radical (unpaired) electrons. The minimum atomic E-state index is -4.65. The molecule has 0 heterocycles. The van der Waals surface area contributed by atoms with Gasteiger partial charge in [-0.15, -0.1) is 13.2 Å². The van der Waals surface area contributed by atoms with Crippen molar-refractivity contribution < 1.29 is 17.9 Å². The molecule has 30 heavy (non-hydrogen) atoms. The van der Waals surface area contributed by atoms with E-state index in [1.54, 1.807) is 12.1 Å². The van der Waals surface area contributed by atoms with Gasteiger partial charge >= 0.3 is 6.36 Å². The van der Waals surface area contributed by atoms with Gasteiger partial charge in [-0.3, -0.25) is 0 Å². The van der Waals surface area contributed by atoms with E-state index in [9.17, 15) is 13.2 Å². The van der Waals surface area contributed by atoms with E-state index in [0.717, 1.165) is 36.2 Å². The van der Waals surface area contributed by atoms with Gasteiger partial charge in [-0.2, -0.15) is 0 Å². The molecule has 0 aliphatic heterocycles. The molecule has 2 saturated carbocycles. The van der Waals surface area contributed by atoms with Crippen molar-refractivity contribution in [3.8, 4) is 17.6 Å². The molecule has 0 atom stereocenters. The Labute approximate surface area is 179 Å². The minimum Gasteiger partial charge on any atom is -0.406 e. The van der Waals surface area contributed by atoms with E-state index in [1.807, 2.05) is 0 Å². The third-order valence-corrected chi connectivity index (χ3v) is 7.05. The average molecular weight is 421 g/mol. The van der Waals surface area contributed by atoms with Crippen molar-refractivity contribution in [1.82, 2.24) is 0 Å². The van der Waals surface area contributed by atoms with E-state index < -0.39 is 6.36 Å². The largest absolute Gasteiger partial charge is 0.573 e. The minimum absolute atomic E-state index is 0.200. The second-order valence-corrected chi connectivity index (χ2v) is 9.23. The first-order valence-electron chi connectivity index (χ1n) is 11.8. The Balaban J connectivity index is 1.39. The normalized spacial score (nSPS) is 27.2. The van der Waals surface area contributed by atoms with Crippen molar-refractivity contribution in [2.24, 2.45) is 23.7 Å². The molecular formula is C26H35F3O. The summed E-state index contributed by atoms with van der Waals surface area (Å²) < 4.78 is 40.6. The maximum Gasteiger partial charge on any atom is 0.573 e. The van der Waals surface area contributed by atoms with Crippen molar-refractivity contribution in [2.75, 3.05) is 0 Å². The van der Waals surface area contributed by atoms with Gasteiger partial charge in [0.05, 0.1) is 0 Å². The van der Waals surface area contributed by atoms with Gasteiger partial charge in [0.15, 0.2) is 0 Å². The zero-order chi connectivity index (χ0) is 21.4. The molecule has 166 valence electrons. The average Bonchev–Trinajstić information content (AvgIpc) is 2.73. The molecule has 2 fully saturated rings. The van der Waals surface area contributed by atoms with Crippen LogP contribution in [0.15, 0.2) is 24.3 Å². The third-order valence-electron chi connectivity index (χ3n) is 7.05. The molecule has 2 aliphatic carbocycles. The number of ether oxygens (including phenoxy) is 1. The number of alkyl halides is 3. The summed E-state index contributed by atoms with van der Waals surface area (Å²) in [7, 11) is 0. The summed E-state index contributed by atoms with van der Waals surface area (Å²) in [5, 5.41) is 0. The smallest absolute Gasteiger partial charge is 0.406 e. The monoisotopic (exact) mass is 420 g/mol. The first-order chi connectivity index (χ1) is 14.4. The summed E-state index contributed by atoms with van der Waals surface area (Å²) in [5.74, 6) is 9.48. The fourth-order valence-electron chi connectivity index (χ4n) is 5.29. The molecule has 4 heteroatoms. The van der Waals surface area contributed by atoms with Gasteiger partial charge in [0.1, 0.15) is 5.75 Å². The lowest BCUT2D eigenvalue weighted by Gasteiger charge is -2.37. The Hall–Kier alpha value is -1.63. The van der Waals surface area contributed by atoms with Crippen molar-refractivity contribution >= 4 is 0 Å². The second kappa shape index (κ2) is 11.1. The van der Waals surface area contributed by atoms with Crippen LogP contribution in [0.4, 0.5) is 13.2 Å². The fraction of sp³-hybridized carbons (Fsp3) is 0.692. The highest BCUT2D eigenvalue weighted by atomic mass is 19.4. The molecule has 0 N–H and O–H groups in total. The summed E-state index contributed by atoms with van der Waals surface area (Å²) in [6.07, 6.45) is 11.5. The van der Waals surface area contributed by atoms with Crippen molar-refractivity contribution in [3.05, 3.63) is 29.8 Å². The molecule has 0 saturated heterocycles. The van der Waals surface area contributed by atoms with Gasteiger partial charge in [0.25, 0.3) is 0 Å². The number of unbranched alkanes of at least 4 members (excludes halogenated alkanes) is 2. The van der Waals surface area contributed by atoms with Gasteiger partial charge in [-0.25, -0.2) is 0 Å². The summed E-state index contributed by atoms with van der Waals surface area (Å²) in [4.78, 5) is 0. The van der Waals surface area contributed by atoms with Crippen LogP contribution in [-0.4, -0.2) is 6.36 Å². The highest BCUT2D eigenvalue weighted by Crippen LogP contribution is 2.42. The standard InChI is InChI=1S/C26H35F3O/c1-2-3-4-5-20-8-14-23(15-9-20)24-16-10-21(11-17-24)6-7-22-12-18-25(19-13-22)30-26(27,28)29/h12-13,18-21,23-24H,2-5,8-11,14-17H2,1H3/t20-,21?,23-,24?. The van der Waals surface area contributed by atoms with E-state index in [-0.39, 0.29) is 5.75 Å². The SMILES string of the molecule is CCCCC[C@H]1CC[C@H](C2CCC(C#Cc3ccc(OC(F)(F)F)cc3)CC2)CC1. The predicted molar refractivity (Wildman–Crippen MR) is 115 cm³/mol. The number of hydrogen-bond acceptors (Lipinski definition) is 1. The molecular weight excluding hydrogens is 385 g/mol. The van der Waals surface area contributed by atoms with Crippen LogP contribution in [0.1, 0.15) is 89.5 Å². The van der Waals surface area contributed by atoms with E-state index in [1.165, 1.54) is 76.3 Å². The van der Waals surface area contributed by atoms with Crippen LogP contribution in [0.25, 0.3) is 0 Å². The molecule has 0 bridgehead atoms. The highest BCUT2D eigenvalue weighted by Gasteiger charge is 2.31. The number of benzene rings is 1. The van der Waals surface area contributed by atoms with Gasteiger partial charge in [-0.05, 0) is 80.5 Å². The summed E-state index contributed by atoms with van der Waals surface area (Å²) in [6.45, 7) is 2.28. The van der Waals surface area contributed by atoms with Crippen LogP contribution in [0.2, 0.25) is 0 Å². The van der Waals surface area contributed by atoms with Crippen LogP contribution in [0.5, 0.6) is 5.75 Å². The number of hydrogen-bond donors (Lipinski definition) is 0. The number of rotatable bonds is 6. The van der Waals surface area contributed by atoms with Gasteiger partial charge < -0.3 is 4.74 Å². The summed E-state index contributed by atoms with van der Waals surface area (Å²) >= 11 is 0. The molecule has 0 aromatic heterocycles. The number of halogens is 3. The van der Waals surface area contributed by atoms with Crippen LogP contribution < -0.4 is 4.74 Å². The van der Waals surface area contributed by atoms with Crippen LogP contribution in [0, 0.1) is 35.5 Å². The van der Waals surface area contributed by atoms with Crippen molar-refractivity contribution in [2.45, 2.75) is 90.3 Å². The van der Waals surface area contributed by atoms with Crippen LogP contribution in [-0.2, 0) is 0 Å². The van der Waals surface area contributed by atoms with E-state index in [2.05, 4.69) is 23.5 Å². The van der Waals surface area contributed by atoms with Crippen LogP contribution >= 0.6 is 0 Å². The molecule has 1 aromatic carbocycles. The predicted octanol–water partition coefficient (Wildman–Crippen LogP) is 8.13. The van der Waals surface area contributed by atoms with Crippen molar-refractivity contribution in [1.29, 1.82) is 0 Å². The lowest BCUT2D eigenvalue weighted by Crippen LogP contribution is -2.25. The maximum atomic E-state index is 12.2. The summed E-state index contributed by atoms with van der Waals surface area (Å²) in [6, 6.07) is 5.84. The molecule has 0 amide bonds. The van der Waals surface area contributed by atoms with Gasteiger partial charge in [0, 0.05) is 11.5 Å². The van der Waals surface area contributed by atoms with E-state index in [0.29, 0.717) is 5.92 Å². The van der Waals surface area contributed by atoms with Gasteiger partial charge in [0.2, 0.25) is 0 Å². The zero-order valence-electron chi connectivity index (χ0n) is 18.1. The fourth-order valence-corrected chi connectivity index (χ4v) is 5.29. The van der Waals surface area contributed by atoms with E-state index in [4.69, 9.17) is 0 Å². The van der Waals surface area contributed by atoms with Crippen LogP contribution in [0.3, 0.4) is 0 Å². The Bertz CT molecular complexity index is 682. The molecule has 1 aromatic rings. The van der Waals surface area contributed by atoms with Crippen molar-refractivity contribution in [3.63, 3.8) is 0 Å². The lowest BCUT2D eigenvalue weighted by molar-refractivity contribution is -0.274. The highest BCUT2D eigenvalue weighted by molar-refractivity contribution is 5.38. The molecule has 2 aliphatic rings. The third kappa shape index (κ3) is 7.56. The Morgan fingerprint density at radius 3 is 2.03 bits per heavy atom. The molecule has 0 spiro atoms. The Kier molecular flexibility index (Phi) is 8.54. The maximum absolute atomic E-state index is 12.2. The molecule has 3 rings (SSSR count). The van der Waals surface area contributed by atoms with Gasteiger partial charge in [-0.1, -0.05) is 57.3 Å². The first kappa shape index (κ1) is 23.0. The topological polar surface area (TPSA) is 9.23 Å². The first-order valence-corrected chi connectivity index (χ1v) is 11.8.